The van der Waals surface area contributed by atoms with Gasteiger partial charge in [-0.25, -0.2) is 0 Å². The van der Waals surface area contributed by atoms with Crippen molar-refractivity contribution in [3.05, 3.63) is 11.5 Å². The quantitative estimate of drug-likeness (QED) is 0.451. The molecule has 0 aromatic carbocycles. The van der Waals surface area contributed by atoms with Gasteiger partial charge in [0.05, 0.1) is 0 Å². The third-order valence-corrected chi connectivity index (χ3v) is 4.02. The zero-order valence-corrected chi connectivity index (χ0v) is 7.07. The summed E-state index contributed by atoms with van der Waals surface area (Å²) in [4.78, 5) is 0. The molecule has 0 amide bonds. The van der Waals surface area contributed by atoms with Gasteiger partial charge in [0.25, 0.3) is 0 Å². The molecule has 40 valence electrons. The first kappa shape index (κ1) is 5.95. The number of alkyl halides is 1. The van der Waals surface area contributed by atoms with Crippen molar-refractivity contribution in [1.29, 1.82) is 0 Å². The zero-order valence-electron chi connectivity index (χ0n) is 4.10. The predicted molar refractivity (Wildman–Crippen MR) is 44.0 cm³/mol. The van der Waals surface area contributed by atoms with Crippen LogP contribution in [0.15, 0.2) is 11.5 Å². The van der Waals surface area contributed by atoms with E-state index in [0.29, 0.717) is 0 Å². The lowest BCUT2D eigenvalue weighted by atomic mass is 10.3. The van der Waals surface area contributed by atoms with E-state index >= 15 is 0 Å². The lowest BCUT2D eigenvalue weighted by molar-refractivity contribution is 1.05. The second-order valence-electron chi connectivity index (χ2n) is 1.61. The molecule has 2 unspecified atom stereocenters. The average molecular weight is 226 g/mol. The highest BCUT2D eigenvalue weighted by molar-refractivity contribution is 14.1. The van der Waals surface area contributed by atoms with Crippen LogP contribution in [0.5, 0.6) is 0 Å². The van der Waals surface area contributed by atoms with Crippen molar-refractivity contribution in [2.45, 2.75) is 16.1 Å². The summed E-state index contributed by atoms with van der Waals surface area (Å²) in [7, 11) is 0. The first-order valence-corrected chi connectivity index (χ1v) is 4.46. The summed E-state index contributed by atoms with van der Waals surface area (Å²) in [5, 5.41) is 2.99. The molecule has 0 N–H and O–H groups in total. The molecular weight excluding hydrogens is 219 g/mol. The first-order valence-electron chi connectivity index (χ1n) is 2.27. The topological polar surface area (TPSA) is 0 Å². The van der Waals surface area contributed by atoms with Crippen LogP contribution in [0, 0.1) is 0 Å². The molecule has 0 aromatic rings. The van der Waals surface area contributed by atoms with E-state index in [1.165, 1.54) is 0 Å². The third kappa shape index (κ3) is 1.35. The molecular formula is C5H7IS. The maximum Gasteiger partial charge on any atom is 0.0416 e. The first-order chi connectivity index (χ1) is 3.30. The van der Waals surface area contributed by atoms with E-state index in [9.17, 15) is 0 Å². The fraction of sp³-hybridized carbons (Fsp3) is 0.600. The molecule has 0 aromatic heterocycles. The minimum atomic E-state index is 0.766. The highest BCUT2D eigenvalue weighted by Crippen LogP contribution is 2.28. The number of allylic oxidation sites excluding steroid dienone is 1. The minimum absolute atomic E-state index is 0.766. The van der Waals surface area contributed by atoms with Crippen LogP contribution < -0.4 is 0 Å². The highest BCUT2D eigenvalue weighted by Gasteiger charge is 2.13. The van der Waals surface area contributed by atoms with Gasteiger partial charge in [0.1, 0.15) is 0 Å². The predicted octanol–water partition coefficient (Wildman–Crippen LogP) is 2.44. The molecule has 0 aliphatic carbocycles. The van der Waals surface area contributed by atoms with E-state index in [1.807, 2.05) is 11.8 Å². The molecule has 0 nitrogen and oxygen atoms in total. The lowest BCUT2D eigenvalue weighted by Crippen LogP contribution is -2.02. The van der Waals surface area contributed by atoms with E-state index < -0.39 is 0 Å². The fourth-order valence-corrected chi connectivity index (χ4v) is 2.22. The maximum absolute atomic E-state index is 2.45. The Balaban J connectivity index is 2.45. The Labute approximate surface area is 61.9 Å². The summed E-state index contributed by atoms with van der Waals surface area (Å²) in [6.07, 6.45) is 2.25. The van der Waals surface area contributed by atoms with E-state index in [2.05, 4.69) is 41.0 Å². The van der Waals surface area contributed by atoms with Gasteiger partial charge in [-0.05, 0) is 5.41 Å². The van der Waals surface area contributed by atoms with Crippen molar-refractivity contribution in [2.24, 2.45) is 0 Å². The van der Waals surface area contributed by atoms with Crippen LogP contribution in [0.1, 0.15) is 6.92 Å². The Morgan fingerprint density at radius 1 is 1.71 bits per heavy atom. The number of rotatable bonds is 0. The van der Waals surface area contributed by atoms with Crippen molar-refractivity contribution in [3.63, 3.8) is 0 Å². The van der Waals surface area contributed by atoms with Crippen molar-refractivity contribution < 1.29 is 0 Å². The molecule has 1 aliphatic heterocycles. The number of hydrogen-bond acceptors (Lipinski definition) is 1. The number of hydrogen-bond donors (Lipinski definition) is 0. The van der Waals surface area contributed by atoms with E-state index in [0.717, 1.165) is 9.17 Å². The monoisotopic (exact) mass is 226 g/mol. The normalized spacial score (nSPS) is 39.7. The van der Waals surface area contributed by atoms with Gasteiger partial charge in [0.15, 0.2) is 0 Å². The molecule has 0 bridgehead atoms. The Bertz CT molecular complexity index is 90.1. The zero-order chi connectivity index (χ0) is 5.28. The van der Waals surface area contributed by atoms with Crippen LogP contribution in [0.25, 0.3) is 0 Å². The van der Waals surface area contributed by atoms with Crippen LogP contribution in [-0.4, -0.2) is 9.17 Å². The molecule has 0 saturated carbocycles. The standard InChI is InChI=1S/C5H7IS/c1-4-5(6)2-3-7-4/h2-5H,1H3. The van der Waals surface area contributed by atoms with Gasteiger partial charge in [-0.2, -0.15) is 0 Å². The lowest BCUT2D eigenvalue weighted by Gasteiger charge is -2.02. The SMILES string of the molecule is CC1SC=CC1I. The molecule has 1 heterocycles. The molecule has 0 spiro atoms. The van der Waals surface area contributed by atoms with Gasteiger partial charge in [-0.15, -0.1) is 11.8 Å². The van der Waals surface area contributed by atoms with Crippen molar-refractivity contribution in [2.75, 3.05) is 0 Å². The largest absolute Gasteiger partial charge is 0.130 e. The second-order valence-corrected chi connectivity index (χ2v) is 4.34. The van der Waals surface area contributed by atoms with Crippen LogP contribution >= 0.6 is 34.4 Å². The van der Waals surface area contributed by atoms with Crippen molar-refractivity contribution in [1.82, 2.24) is 0 Å². The van der Waals surface area contributed by atoms with Crippen LogP contribution in [0.3, 0.4) is 0 Å². The second kappa shape index (κ2) is 2.40. The molecule has 1 aliphatic rings. The van der Waals surface area contributed by atoms with Crippen molar-refractivity contribution in [3.8, 4) is 0 Å². The summed E-state index contributed by atoms with van der Waals surface area (Å²) in [5.74, 6) is 0. The van der Waals surface area contributed by atoms with E-state index in [4.69, 9.17) is 0 Å². The molecule has 2 heteroatoms. The Morgan fingerprint density at radius 2 is 2.43 bits per heavy atom. The molecule has 0 fully saturated rings. The summed E-state index contributed by atoms with van der Waals surface area (Å²) >= 11 is 4.37. The Morgan fingerprint density at radius 3 is 2.57 bits per heavy atom. The van der Waals surface area contributed by atoms with Gasteiger partial charge in [0, 0.05) is 9.17 Å². The highest BCUT2D eigenvalue weighted by atomic mass is 127. The molecule has 2 atom stereocenters. The van der Waals surface area contributed by atoms with E-state index in [-0.39, 0.29) is 0 Å². The van der Waals surface area contributed by atoms with Crippen LogP contribution in [0.2, 0.25) is 0 Å². The van der Waals surface area contributed by atoms with Gasteiger partial charge >= 0.3 is 0 Å². The maximum atomic E-state index is 2.45. The van der Waals surface area contributed by atoms with Gasteiger partial charge in [0.2, 0.25) is 0 Å². The Hall–Kier alpha value is 0.820. The summed E-state index contributed by atoms with van der Waals surface area (Å²) in [6.45, 7) is 2.25. The average Bonchev–Trinajstić information content (AvgIpc) is 1.91. The number of halogens is 1. The van der Waals surface area contributed by atoms with Crippen LogP contribution in [0.4, 0.5) is 0 Å². The summed E-state index contributed by atoms with van der Waals surface area (Å²) in [5.41, 5.74) is 0. The molecule has 0 radical (unpaired) electrons. The third-order valence-electron chi connectivity index (χ3n) is 1.00. The number of thioether (sulfide) groups is 1. The minimum Gasteiger partial charge on any atom is -0.130 e. The summed E-state index contributed by atoms with van der Waals surface area (Å²) in [6, 6.07) is 0. The van der Waals surface area contributed by atoms with Crippen LogP contribution in [-0.2, 0) is 0 Å². The molecule has 7 heavy (non-hydrogen) atoms. The van der Waals surface area contributed by atoms with Gasteiger partial charge < -0.3 is 0 Å². The van der Waals surface area contributed by atoms with Gasteiger partial charge in [-0.1, -0.05) is 35.6 Å². The molecule has 1 rings (SSSR count). The van der Waals surface area contributed by atoms with E-state index in [1.54, 1.807) is 0 Å². The fourth-order valence-electron chi connectivity index (χ4n) is 0.476. The van der Waals surface area contributed by atoms with Crippen molar-refractivity contribution >= 4 is 34.4 Å². The molecule has 0 saturated heterocycles. The van der Waals surface area contributed by atoms with Gasteiger partial charge in [-0.3, -0.25) is 0 Å². The Kier molecular flexibility index (Phi) is 2.04. The summed E-state index contributed by atoms with van der Waals surface area (Å²) < 4.78 is 0.766. The smallest absolute Gasteiger partial charge is 0.0416 e.